The van der Waals surface area contributed by atoms with Crippen LogP contribution in [0.1, 0.15) is 38.1 Å². The first kappa shape index (κ1) is 15.1. The molecular weight excluding hydrogens is 288 g/mol. The van der Waals surface area contributed by atoms with E-state index in [9.17, 15) is 0 Å². The van der Waals surface area contributed by atoms with Crippen LogP contribution in [0.5, 0.6) is 0 Å². The van der Waals surface area contributed by atoms with Crippen molar-refractivity contribution in [2.24, 2.45) is 5.92 Å². The van der Waals surface area contributed by atoms with Crippen molar-refractivity contribution in [3.05, 3.63) is 24.2 Å². The Labute approximate surface area is 137 Å². The Kier molecular flexibility index (Phi) is 4.31. The van der Waals surface area contributed by atoms with Crippen LogP contribution in [-0.4, -0.2) is 52.3 Å². The first-order chi connectivity index (χ1) is 11.3. The van der Waals surface area contributed by atoms with Gasteiger partial charge >= 0.3 is 0 Å². The second-order valence-corrected chi connectivity index (χ2v) is 6.84. The number of piperidine rings is 1. The fraction of sp³-hybridized carbons (Fsp3) is 0.667. The Bertz CT molecular complexity index is 654. The molecule has 2 aromatic rings. The van der Waals surface area contributed by atoms with Gasteiger partial charge in [0.2, 0.25) is 0 Å². The number of imidazole rings is 1. The van der Waals surface area contributed by atoms with Crippen molar-refractivity contribution < 1.29 is 4.74 Å². The molecule has 4 heterocycles. The monoisotopic (exact) mass is 314 g/mol. The number of rotatable bonds is 4. The molecule has 5 heteroatoms. The molecule has 0 spiro atoms. The molecule has 0 N–H and O–H groups in total. The van der Waals surface area contributed by atoms with Crippen LogP contribution in [0.4, 0.5) is 0 Å². The summed E-state index contributed by atoms with van der Waals surface area (Å²) >= 11 is 0. The molecule has 5 nitrogen and oxygen atoms in total. The van der Waals surface area contributed by atoms with Crippen molar-refractivity contribution in [1.82, 2.24) is 19.4 Å². The minimum Gasteiger partial charge on any atom is -0.379 e. The molecule has 2 fully saturated rings. The summed E-state index contributed by atoms with van der Waals surface area (Å²) in [5.41, 5.74) is 2.06. The first-order valence-corrected chi connectivity index (χ1v) is 8.97. The number of ether oxygens (including phenoxy) is 1. The molecule has 1 unspecified atom stereocenters. The number of pyridine rings is 1. The van der Waals surface area contributed by atoms with Gasteiger partial charge in [-0.1, -0.05) is 6.92 Å². The SMILES string of the molecule is CCN1CCC(Cc2nc3cccnc3n2C2CCOC2)CC1. The van der Waals surface area contributed by atoms with Crippen LogP contribution in [0.2, 0.25) is 0 Å². The summed E-state index contributed by atoms with van der Waals surface area (Å²) in [7, 11) is 0. The number of hydrogen-bond donors (Lipinski definition) is 0. The summed E-state index contributed by atoms with van der Waals surface area (Å²) in [6.45, 7) is 7.53. The van der Waals surface area contributed by atoms with E-state index in [1.54, 1.807) is 0 Å². The van der Waals surface area contributed by atoms with Crippen molar-refractivity contribution in [3.63, 3.8) is 0 Å². The predicted octanol–water partition coefficient (Wildman–Crippen LogP) is 2.67. The molecule has 2 aliphatic heterocycles. The van der Waals surface area contributed by atoms with Gasteiger partial charge in [-0.3, -0.25) is 0 Å². The average molecular weight is 314 g/mol. The Hall–Kier alpha value is -1.46. The molecular formula is C18H26N4O. The highest BCUT2D eigenvalue weighted by molar-refractivity contribution is 5.71. The molecule has 2 aromatic heterocycles. The fourth-order valence-electron chi connectivity index (χ4n) is 3.99. The summed E-state index contributed by atoms with van der Waals surface area (Å²) in [5.74, 6) is 1.96. The van der Waals surface area contributed by atoms with Crippen molar-refractivity contribution in [2.45, 2.75) is 38.6 Å². The second-order valence-electron chi connectivity index (χ2n) is 6.84. The molecule has 0 saturated carbocycles. The first-order valence-electron chi connectivity index (χ1n) is 8.97. The van der Waals surface area contributed by atoms with E-state index in [1.165, 1.54) is 38.3 Å². The van der Waals surface area contributed by atoms with Crippen LogP contribution in [0.25, 0.3) is 11.2 Å². The zero-order valence-corrected chi connectivity index (χ0v) is 13.9. The smallest absolute Gasteiger partial charge is 0.160 e. The van der Waals surface area contributed by atoms with Crippen LogP contribution in [-0.2, 0) is 11.2 Å². The standard InChI is InChI=1S/C18H26N4O/c1-2-21-9-5-14(6-10-21)12-17-20-16-4-3-8-19-18(16)22(17)15-7-11-23-13-15/h3-4,8,14-15H,2,5-7,9-13H2,1H3. The van der Waals surface area contributed by atoms with Gasteiger partial charge in [0.25, 0.3) is 0 Å². The molecule has 124 valence electrons. The highest BCUT2D eigenvalue weighted by Crippen LogP contribution is 2.29. The lowest BCUT2D eigenvalue weighted by atomic mass is 9.93. The van der Waals surface area contributed by atoms with Gasteiger partial charge in [0.15, 0.2) is 5.65 Å². The van der Waals surface area contributed by atoms with E-state index in [0.29, 0.717) is 6.04 Å². The fourth-order valence-corrected chi connectivity index (χ4v) is 3.99. The van der Waals surface area contributed by atoms with Gasteiger partial charge in [-0.2, -0.15) is 0 Å². The molecule has 0 aliphatic carbocycles. The number of nitrogens with zero attached hydrogens (tertiary/aromatic N) is 4. The van der Waals surface area contributed by atoms with Crippen molar-refractivity contribution in [3.8, 4) is 0 Å². The lowest BCUT2D eigenvalue weighted by Gasteiger charge is -2.31. The minimum atomic E-state index is 0.403. The van der Waals surface area contributed by atoms with Crippen molar-refractivity contribution in [2.75, 3.05) is 32.8 Å². The molecule has 1 atom stereocenters. The van der Waals surface area contributed by atoms with E-state index in [4.69, 9.17) is 9.72 Å². The summed E-state index contributed by atoms with van der Waals surface area (Å²) in [5, 5.41) is 0. The normalized spacial score (nSPS) is 23.8. The Morgan fingerprint density at radius 1 is 1.26 bits per heavy atom. The minimum absolute atomic E-state index is 0.403. The molecule has 2 aliphatic rings. The zero-order valence-electron chi connectivity index (χ0n) is 13.9. The summed E-state index contributed by atoms with van der Waals surface area (Å²) in [6, 6.07) is 4.47. The van der Waals surface area contributed by atoms with Crippen molar-refractivity contribution >= 4 is 11.2 Å². The lowest BCUT2D eigenvalue weighted by Crippen LogP contribution is -2.34. The maximum absolute atomic E-state index is 5.62. The van der Waals surface area contributed by atoms with Crippen LogP contribution in [0.15, 0.2) is 18.3 Å². The summed E-state index contributed by atoms with van der Waals surface area (Å²) < 4.78 is 7.99. The highest BCUT2D eigenvalue weighted by Gasteiger charge is 2.26. The lowest BCUT2D eigenvalue weighted by molar-refractivity contribution is 0.182. The maximum atomic E-state index is 5.62. The maximum Gasteiger partial charge on any atom is 0.160 e. The van der Waals surface area contributed by atoms with Gasteiger partial charge in [-0.25, -0.2) is 9.97 Å². The van der Waals surface area contributed by atoms with E-state index >= 15 is 0 Å². The topological polar surface area (TPSA) is 43.2 Å². The Morgan fingerprint density at radius 2 is 2.13 bits per heavy atom. The molecule has 2 saturated heterocycles. The Balaban J connectivity index is 1.60. The van der Waals surface area contributed by atoms with Gasteiger partial charge in [-0.15, -0.1) is 0 Å². The van der Waals surface area contributed by atoms with Crippen LogP contribution >= 0.6 is 0 Å². The quantitative estimate of drug-likeness (QED) is 0.870. The number of likely N-dealkylation sites (tertiary alicyclic amines) is 1. The van der Waals surface area contributed by atoms with E-state index in [-0.39, 0.29) is 0 Å². The van der Waals surface area contributed by atoms with E-state index in [0.717, 1.165) is 43.1 Å². The van der Waals surface area contributed by atoms with Gasteiger partial charge in [-0.05, 0) is 56.9 Å². The van der Waals surface area contributed by atoms with Crippen molar-refractivity contribution in [1.29, 1.82) is 0 Å². The molecule has 0 aromatic carbocycles. The van der Waals surface area contributed by atoms with Gasteiger partial charge in [0.05, 0.1) is 12.6 Å². The summed E-state index contributed by atoms with van der Waals surface area (Å²) in [4.78, 5) is 12.1. The number of fused-ring (bicyclic) bond motifs is 1. The van der Waals surface area contributed by atoms with Gasteiger partial charge in [0.1, 0.15) is 11.3 Å². The largest absolute Gasteiger partial charge is 0.379 e. The third-order valence-corrected chi connectivity index (χ3v) is 5.42. The molecule has 0 radical (unpaired) electrons. The van der Waals surface area contributed by atoms with E-state index in [2.05, 4.69) is 27.4 Å². The van der Waals surface area contributed by atoms with E-state index in [1.807, 2.05) is 12.3 Å². The number of aromatic nitrogens is 3. The predicted molar refractivity (Wildman–Crippen MR) is 90.5 cm³/mol. The van der Waals surface area contributed by atoms with Crippen LogP contribution in [0.3, 0.4) is 0 Å². The second kappa shape index (κ2) is 6.57. The molecule has 0 bridgehead atoms. The molecule has 23 heavy (non-hydrogen) atoms. The molecule has 4 rings (SSSR count). The number of hydrogen-bond acceptors (Lipinski definition) is 4. The van der Waals surface area contributed by atoms with Gasteiger partial charge < -0.3 is 14.2 Å². The van der Waals surface area contributed by atoms with E-state index < -0.39 is 0 Å². The average Bonchev–Trinajstić information content (AvgIpc) is 3.22. The van der Waals surface area contributed by atoms with Crippen LogP contribution in [0, 0.1) is 5.92 Å². The van der Waals surface area contributed by atoms with Crippen LogP contribution < -0.4 is 0 Å². The Morgan fingerprint density at radius 3 is 2.87 bits per heavy atom. The highest BCUT2D eigenvalue weighted by atomic mass is 16.5. The summed E-state index contributed by atoms with van der Waals surface area (Å²) in [6.07, 6.45) is 6.59. The third kappa shape index (κ3) is 3.00. The molecule has 0 amide bonds. The van der Waals surface area contributed by atoms with Gasteiger partial charge in [0, 0.05) is 19.2 Å². The zero-order chi connectivity index (χ0) is 15.6. The third-order valence-electron chi connectivity index (χ3n) is 5.42.